The lowest BCUT2D eigenvalue weighted by atomic mass is 10.2. The molecule has 25 heavy (non-hydrogen) atoms. The molecule has 4 rings (SSSR count). The molecule has 0 spiro atoms. The third-order valence-corrected chi connectivity index (χ3v) is 4.98. The van der Waals surface area contributed by atoms with Crippen molar-refractivity contribution >= 4 is 22.5 Å². The van der Waals surface area contributed by atoms with Crippen LogP contribution in [0.5, 0.6) is 0 Å². The van der Waals surface area contributed by atoms with Gasteiger partial charge in [0.25, 0.3) is 0 Å². The summed E-state index contributed by atoms with van der Waals surface area (Å²) >= 11 is 0. The van der Waals surface area contributed by atoms with Gasteiger partial charge < -0.3 is 5.32 Å². The topological polar surface area (TPSA) is 75.6 Å². The van der Waals surface area contributed by atoms with E-state index in [1.807, 2.05) is 28.8 Å². The highest BCUT2D eigenvalue weighted by molar-refractivity contribution is 5.79. The maximum Gasteiger partial charge on any atom is 0.329 e. The summed E-state index contributed by atoms with van der Waals surface area (Å²) in [6.07, 6.45) is 6.14. The summed E-state index contributed by atoms with van der Waals surface area (Å²) < 4.78 is 3.57. The van der Waals surface area contributed by atoms with Crippen LogP contribution in [0.25, 0.3) is 11.0 Å². The smallest absolute Gasteiger partial charge is 0.329 e. The minimum absolute atomic E-state index is 0.0123. The molecule has 0 bridgehead atoms. The van der Waals surface area contributed by atoms with Crippen molar-refractivity contribution in [2.24, 2.45) is 7.05 Å². The van der Waals surface area contributed by atoms with E-state index in [1.54, 1.807) is 23.9 Å². The number of rotatable bonds is 3. The number of nitriles is 1. The molecule has 3 aromatic rings. The zero-order chi connectivity index (χ0) is 17.4. The third kappa shape index (κ3) is 2.58. The van der Waals surface area contributed by atoms with E-state index < -0.39 is 0 Å². The zero-order valence-electron chi connectivity index (χ0n) is 14.1. The van der Waals surface area contributed by atoms with E-state index >= 15 is 0 Å². The molecule has 2 heterocycles. The van der Waals surface area contributed by atoms with Gasteiger partial charge in [0.15, 0.2) is 0 Å². The Bertz CT molecular complexity index is 1030. The molecule has 0 aliphatic heterocycles. The van der Waals surface area contributed by atoms with Crippen molar-refractivity contribution in [1.29, 1.82) is 5.26 Å². The Kier molecular flexibility index (Phi) is 3.77. The Morgan fingerprint density at radius 3 is 2.76 bits per heavy atom. The van der Waals surface area contributed by atoms with Crippen LogP contribution in [0.1, 0.15) is 37.3 Å². The molecule has 1 N–H and O–H groups in total. The first-order valence-electron chi connectivity index (χ1n) is 8.52. The molecule has 0 unspecified atom stereocenters. The Labute approximate surface area is 145 Å². The van der Waals surface area contributed by atoms with Gasteiger partial charge in [0.1, 0.15) is 11.9 Å². The number of imidazole rings is 1. The van der Waals surface area contributed by atoms with Crippen LogP contribution in [0.2, 0.25) is 0 Å². The number of hydrogen-bond donors (Lipinski definition) is 1. The van der Waals surface area contributed by atoms with E-state index in [0.717, 1.165) is 23.9 Å². The molecule has 126 valence electrons. The largest absolute Gasteiger partial charge is 0.339 e. The summed E-state index contributed by atoms with van der Waals surface area (Å²) in [5.74, 6) is 0.632. The molecule has 0 amide bonds. The molecule has 1 aromatic carbocycles. The van der Waals surface area contributed by atoms with Gasteiger partial charge in [-0.3, -0.25) is 9.13 Å². The van der Waals surface area contributed by atoms with Crippen molar-refractivity contribution in [2.45, 2.75) is 31.7 Å². The summed E-state index contributed by atoms with van der Waals surface area (Å²) in [7, 11) is 1.79. The van der Waals surface area contributed by atoms with Crippen LogP contribution in [0.15, 0.2) is 41.3 Å². The molecule has 6 nitrogen and oxygen atoms in total. The number of hydrogen-bond acceptors (Lipinski definition) is 4. The average Bonchev–Trinajstić information content (AvgIpc) is 3.23. The number of nitrogens with one attached hydrogen (secondary N) is 1. The standard InChI is InChI=1S/C19H19N5O/c1-23-17-12-21-18(22-15-9-5-2-6-13(15)11-20)10-16(17)24(19(23)25)14-7-3-4-8-14/h2,5-6,9-10,12,14H,3-4,7-8H2,1H3,(H,21,22). The number of nitrogens with zero attached hydrogens (tertiary/aromatic N) is 4. The van der Waals surface area contributed by atoms with E-state index in [1.165, 1.54) is 12.8 Å². The first-order chi connectivity index (χ1) is 12.2. The van der Waals surface area contributed by atoms with Crippen LogP contribution < -0.4 is 11.0 Å². The van der Waals surface area contributed by atoms with E-state index in [9.17, 15) is 10.1 Å². The quantitative estimate of drug-likeness (QED) is 0.796. The summed E-state index contributed by atoms with van der Waals surface area (Å²) in [6.45, 7) is 0. The predicted molar refractivity (Wildman–Crippen MR) is 96.9 cm³/mol. The fourth-order valence-electron chi connectivity index (χ4n) is 3.67. The molecule has 1 fully saturated rings. The van der Waals surface area contributed by atoms with Gasteiger partial charge in [0.2, 0.25) is 0 Å². The normalized spacial score (nSPS) is 14.7. The Balaban J connectivity index is 1.81. The van der Waals surface area contributed by atoms with Crippen molar-refractivity contribution in [3.05, 3.63) is 52.6 Å². The predicted octanol–water partition coefficient (Wildman–Crippen LogP) is 3.47. The summed E-state index contributed by atoms with van der Waals surface area (Å²) in [6, 6.07) is 11.7. The maximum absolute atomic E-state index is 12.7. The van der Waals surface area contributed by atoms with E-state index in [2.05, 4.69) is 16.4 Å². The van der Waals surface area contributed by atoms with Crippen LogP contribution in [0.4, 0.5) is 11.5 Å². The number of benzene rings is 1. The highest BCUT2D eigenvalue weighted by atomic mass is 16.1. The minimum atomic E-state index is 0.0123. The van der Waals surface area contributed by atoms with E-state index in [4.69, 9.17) is 0 Å². The number of anilines is 2. The zero-order valence-corrected chi connectivity index (χ0v) is 14.1. The maximum atomic E-state index is 12.7. The van der Waals surface area contributed by atoms with Gasteiger partial charge in [-0.1, -0.05) is 25.0 Å². The molecule has 1 aliphatic rings. The molecular formula is C19H19N5O. The molecular weight excluding hydrogens is 314 g/mol. The molecule has 2 aromatic heterocycles. The van der Waals surface area contributed by atoms with Crippen LogP contribution >= 0.6 is 0 Å². The lowest BCUT2D eigenvalue weighted by molar-refractivity contribution is 0.509. The van der Waals surface area contributed by atoms with Gasteiger partial charge >= 0.3 is 5.69 Å². The van der Waals surface area contributed by atoms with E-state index in [-0.39, 0.29) is 11.7 Å². The summed E-state index contributed by atoms with van der Waals surface area (Å²) in [5.41, 5.74) is 3.01. The average molecular weight is 333 g/mol. The van der Waals surface area contributed by atoms with Gasteiger partial charge in [-0.25, -0.2) is 9.78 Å². The lowest BCUT2D eigenvalue weighted by Gasteiger charge is -2.12. The van der Waals surface area contributed by atoms with Crippen molar-refractivity contribution in [1.82, 2.24) is 14.1 Å². The minimum Gasteiger partial charge on any atom is -0.339 e. The van der Waals surface area contributed by atoms with Crippen molar-refractivity contribution < 1.29 is 0 Å². The van der Waals surface area contributed by atoms with Crippen LogP contribution in [-0.4, -0.2) is 14.1 Å². The van der Waals surface area contributed by atoms with Crippen molar-refractivity contribution in [3.63, 3.8) is 0 Å². The molecule has 0 saturated heterocycles. The third-order valence-electron chi connectivity index (χ3n) is 4.98. The fourth-order valence-corrected chi connectivity index (χ4v) is 3.67. The van der Waals surface area contributed by atoms with Crippen LogP contribution in [-0.2, 0) is 7.05 Å². The second-order valence-electron chi connectivity index (χ2n) is 6.49. The number of para-hydroxylation sites is 1. The Morgan fingerprint density at radius 2 is 2.00 bits per heavy atom. The number of aromatic nitrogens is 3. The highest BCUT2D eigenvalue weighted by Gasteiger charge is 2.23. The number of pyridine rings is 1. The van der Waals surface area contributed by atoms with Gasteiger partial charge in [0, 0.05) is 19.2 Å². The second-order valence-corrected chi connectivity index (χ2v) is 6.49. The van der Waals surface area contributed by atoms with Crippen LogP contribution in [0.3, 0.4) is 0 Å². The highest BCUT2D eigenvalue weighted by Crippen LogP contribution is 2.31. The Morgan fingerprint density at radius 1 is 1.24 bits per heavy atom. The van der Waals surface area contributed by atoms with Crippen LogP contribution in [0, 0.1) is 11.3 Å². The van der Waals surface area contributed by atoms with Gasteiger partial charge in [0.05, 0.1) is 28.5 Å². The molecule has 0 radical (unpaired) electrons. The van der Waals surface area contributed by atoms with Crippen molar-refractivity contribution in [3.8, 4) is 6.07 Å². The first kappa shape index (κ1) is 15.5. The summed E-state index contributed by atoms with van der Waals surface area (Å²) in [4.78, 5) is 17.1. The number of aryl methyl sites for hydroxylation is 1. The molecule has 1 aliphatic carbocycles. The monoisotopic (exact) mass is 333 g/mol. The van der Waals surface area contributed by atoms with Gasteiger partial charge in [-0.05, 0) is 25.0 Å². The molecule has 0 atom stereocenters. The van der Waals surface area contributed by atoms with Crippen molar-refractivity contribution in [2.75, 3.05) is 5.32 Å². The lowest BCUT2D eigenvalue weighted by Crippen LogP contribution is -2.24. The second kappa shape index (κ2) is 6.10. The summed E-state index contributed by atoms with van der Waals surface area (Å²) in [5, 5.41) is 12.4. The Hall–Kier alpha value is -3.07. The van der Waals surface area contributed by atoms with E-state index in [0.29, 0.717) is 17.1 Å². The first-order valence-corrected chi connectivity index (χ1v) is 8.52. The van der Waals surface area contributed by atoms with Gasteiger partial charge in [-0.2, -0.15) is 5.26 Å². The SMILES string of the molecule is Cn1c(=O)n(C2CCCC2)c2cc(Nc3ccccc3C#N)ncc21. The molecule has 6 heteroatoms. The number of fused-ring (bicyclic) bond motifs is 1. The molecule has 1 saturated carbocycles. The van der Waals surface area contributed by atoms with Gasteiger partial charge in [-0.15, -0.1) is 0 Å². The fraction of sp³-hybridized carbons (Fsp3) is 0.316.